The van der Waals surface area contributed by atoms with Gasteiger partial charge in [-0.1, -0.05) is 36.4 Å². The third-order valence-electron chi connectivity index (χ3n) is 5.32. The van der Waals surface area contributed by atoms with Gasteiger partial charge in [0.1, 0.15) is 0 Å². The van der Waals surface area contributed by atoms with Crippen LogP contribution in [0.5, 0.6) is 0 Å². The molecule has 2 aromatic carbocycles. The van der Waals surface area contributed by atoms with Crippen LogP contribution in [-0.2, 0) is 16.0 Å². The maximum atomic E-state index is 12.7. The monoisotopic (exact) mass is 405 g/mol. The fourth-order valence-corrected chi connectivity index (χ4v) is 3.66. The predicted molar refractivity (Wildman–Crippen MR) is 104 cm³/mol. The second-order valence-corrected chi connectivity index (χ2v) is 7.21. The highest BCUT2D eigenvalue weighted by Crippen LogP contribution is 2.24. The zero-order chi connectivity index (χ0) is 21.0. The average Bonchev–Trinajstić information content (AvgIpc) is 2.72. The molecule has 0 aromatic heterocycles. The van der Waals surface area contributed by atoms with E-state index in [0.29, 0.717) is 25.9 Å². The van der Waals surface area contributed by atoms with Crippen LogP contribution in [0.4, 0.5) is 13.2 Å². The number of fused-ring (bicyclic) bond motifs is 1. The smallest absolute Gasteiger partial charge is 0.348 e. The van der Waals surface area contributed by atoms with Crippen molar-refractivity contribution in [2.24, 2.45) is 5.92 Å². The standard InChI is InChI=1S/C21H22F3N3O2/c22-21(23,24)20(29)26-13-14-7-9-27(10-8-14)19(28)11-15-5-6-16(12-25)18-4-2-1-3-17(15)18/h1-6,12,14,25H,7-11,13H2,(H,26,29). The Morgan fingerprint density at radius 1 is 1.10 bits per heavy atom. The van der Waals surface area contributed by atoms with Gasteiger partial charge in [-0.15, -0.1) is 0 Å². The average molecular weight is 405 g/mol. The van der Waals surface area contributed by atoms with Crippen LogP contribution >= 0.6 is 0 Å². The molecule has 1 aliphatic heterocycles. The van der Waals surface area contributed by atoms with Crippen LogP contribution < -0.4 is 5.32 Å². The molecule has 0 saturated carbocycles. The van der Waals surface area contributed by atoms with E-state index in [2.05, 4.69) is 0 Å². The molecule has 0 radical (unpaired) electrons. The highest BCUT2D eigenvalue weighted by atomic mass is 19.4. The van der Waals surface area contributed by atoms with E-state index >= 15 is 0 Å². The molecule has 2 aromatic rings. The summed E-state index contributed by atoms with van der Waals surface area (Å²) >= 11 is 0. The van der Waals surface area contributed by atoms with Gasteiger partial charge in [0.05, 0.1) is 6.42 Å². The molecule has 0 atom stereocenters. The molecule has 29 heavy (non-hydrogen) atoms. The van der Waals surface area contributed by atoms with E-state index < -0.39 is 12.1 Å². The van der Waals surface area contributed by atoms with Gasteiger partial charge in [-0.2, -0.15) is 13.2 Å². The molecule has 3 rings (SSSR count). The van der Waals surface area contributed by atoms with Crippen LogP contribution in [0.25, 0.3) is 10.8 Å². The minimum Gasteiger partial charge on any atom is -0.348 e. The Morgan fingerprint density at radius 2 is 1.76 bits per heavy atom. The number of amides is 2. The van der Waals surface area contributed by atoms with Crippen molar-refractivity contribution in [3.8, 4) is 0 Å². The topological polar surface area (TPSA) is 73.3 Å². The van der Waals surface area contributed by atoms with E-state index in [0.717, 1.165) is 21.9 Å². The highest BCUT2D eigenvalue weighted by Gasteiger charge is 2.38. The SMILES string of the molecule is N=Cc1ccc(CC(=O)N2CCC(CNC(=O)C(F)(F)F)CC2)c2ccccc12. The van der Waals surface area contributed by atoms with Crippen LogP contribution in [0.2, 0.25) is 0 Å². The fraction of sp³-hybridized carbons (Fsp3) is 0.381. The minimum absolute atomic E-state index is 0.0316. The van der Waals surface area contributed by atoms with Gasteiger partial charge in [-0.25, -0.2) is 0 Å². The van der Waals surface area contributed by atoms with Crippen molar-refractivity contribution in [3.63, 3.8) is 0 Å². The third-order valence-corrected chi connectivity index (χ3v) is 5.32. The molecular formula is C21H22F3N3O2. The van der Waals surface area contributed by atoms with Crippen molar-refractivity contribution in [2.75, 3.05) is 19.6 Å². The zero-order valence-electron chi connectivity index (χ0n) is 15.8. The number of nitrogens with one attached hydrogen (secondary N) is 2. The van der Waals surface area contributed by atoms with Crippen LogP contribution in [0.3, 0.4) is 0 Å². The first-order valence-corrected chi connectivity index (χ1v) is 9.43. The molecular weight excluding hydrogens is 383 g/mol. The largest absolute Gasteiger partial charge is 0.471 e. The number of halogens is 3. The van der Waals surface area contributed by atoms with Crippen LogP contribution in [-0.4, -0.2) is 48.7 Å². The molecule has 0 unspecified atom stereocenters. The lowest BCUT2D eigenvalue weighted by atomic mass is 9.95. The van der Waals surface area contributed by atoms with Crippen molar-refractivity contribution < 1.29 is 22.8 Å². The second kappa shape index (κ2) is 8.63. The number of likely N-dealkylation sites (tertiary alicyclic amines) is 1. The number of carbonyl (C=O) groups is 2. The Balaban J connectivity index is 1.58. The van der Waals surface area contributed by atoms with Gasteiger partial charge >= 0.3 is 12.1 Å². The van der Waals surface area contributed by atoms with E-state index in [1.807, 2.05) is 41.7 Å². The van der Waals surface area contributed by atoms with Gasteiger partial charge in [0.15, 0.2) is 0 Å². The Bertz CT molecular complexity index is 919. The number of rotatable bonds is 5. The first kappa shape index (κ1) is 20.8. The van der Waals surface area contributed by atoms with E-state index in [-0.39, 0.29) is 24.8 Å². The first-order chi connectivity index (χ1) is 13.8. The van der Waals surface area contributed by atoms with E-state index in [9.17, 15) is 22.8 Å². The maximum Gasteiger partial charge on any atom is 0.471 e. The maximum absolute atomic E-state index is 12.7. The summed E-state index contributed by atoms with van der Waals surface area (Å²) in [6, 6.07) is 11.3. The van der Waals surface area contributed by atoms with Crippen molar-refractivity contribution in [1.29, 1.82) is 5.41 Å². The van der Waals surface area contributed by atoms with E-state index in [1.54, 1.807) is 4.90 Å². The Kier molecular flexibility index (Phi) is 6.20. The number of hydrogen-bond acceptors (Lipinski definition) is 3. The van der Waals surface area contributed by atoms with Gasteiger partial charge in [-0.05, 0) is 40.7 Å². The molecule has 0 spiro atoms. The fourth-order valence-electron chi connectivity index (χ4n) is 3.66. The van der Waals surface area contributed by atoms with Crippen LogP contribution in [0.15, 0.2) is 36.4 Å². The normalized spacial score (nSPS) is 15.3. The zero-order valence-corrected chi connectivity index (χ0v) is 15.8. The molecule has 154 valence electrons. The lowest BCUT2D eigenvalue weighted by Gasteiger charge is -2.32. The van der Waals surface area contributed by atoms with Gasteiger partial charge in [0.2, 0.25) is 5.91 Å². The van der Waals surface area contributed by atoms with Crippen molar-refractivity contribution in [1.82, 2.24) is 10.2 Å². The van der Waals surface area contributed by atoms with E-state index in [4.69, 9.17) is 5.41 Å². The quantitative estimate of drug-likeness (QED) is 0.750. The number of carbonyl (C=O) groups excluding carboxylic acids is 2. The lowest BCUT2D eigenvalue weighted by molar-refractivity contribution is -0.173. The molecule has 1 saturated heterocycles. The minimum atomic E-state index is -4.87. The number of hydrogen-bond donors (Lipinski definition) is 2. The van der Waals surface area contributed by atoms with Crippen LogP contribution in [0.1, 0.15) is 24.0 Å². The summed E-state index contributed by atoms with van der Waals surface area (Å²) in [5.41, 5.74) is 1.68. The summed E-state index contributed by atoms with van der Waals surface area (Å²) in [4.78, 5) is 25.4. The predicted octanol–water partition coefficient (Wildman–Crippen LogP) is 3.30. The summed E-state index contributed by atoms with van der Waals surface area (Å²) in [7, 11) is 0. The molecule has 0 bridgehead atoms. The van der Waals surface area contributed by atoms with Crippen molar-refractivity contribution in [3.05, 3.63) is 47.5 Å². The van der Waals surface area contributed by atoms with Gasteiger partial charge in [0.25, 0.3) is 0 Å². The Hall–Kier alpha value is -2.90. The van der Waals surface area contributed by atoms with Gasteiger partial charge in [-0.3, -0.25) is 9.59 Å². The summed E-state index contributed by atoms with van der Waals surface area (Å²) in [5.74, 6) is -2.02. The molecule has 8 heteroatoms. The second-order valence-electron chi connectivity index (χ2n) is 7.21. The number of benzene rings is 2. The molecule has 2 amide bonds. The third kappa shape index (κ3) is 4.93. The van der Waals surface area contributed by atoms with E-state index in [1.165, 1.54) is 6.21 Å². The molecule has 2 N–H and O–H groups in total. The lowest BCUT2D eigenvalue weighted by Crippen LogP contribution is -2.44. The summed E-state index contributed by atoms with van der Waals surface area (Å²) in [6.45, 7) is 0.889. The molecule has 1 fully saturated rings. The Morgan fingerprint density at radius 3 is 2.38 bits per heavy atom. The van der Waals surface area contributed by atoms with Crippen molar-refractivity contribution >= 4 is 28.8 Å². The molecule has 0 aliphatic carbocycles. The molecule has 5 nitrogen and oxygen atoms in total. The number of nitrogens with zero attached hydrogens (tertiary/aromatic N) is 1. The van der Waals surface area contributed by atoms with Crippen LogP contribution in [0, 0.1) is 11.3 Å². The summed E-state index contributed by atoms with van der Waals surface area (Å²) < 4.78 is 36.8. The first-order valence-electron chi connectivity index (χ1n) is 9.43. The van der Waals surface area contributed by atoms with Gasteiger partial charge < -0.3 is 15.6 Å². The molecule has 1 aliphatic rings. The summed E-state index contributed by atoms with van der Waals surface area (Å²) in [6.07, 6.45) is -2.24. The highest BCUT2D eigenvalue weighted by molar-refractivity contribution is 6.01. The summed E-state index contributed by atoms with van der Waals surface area (Å²) in [5, 5.41) is 11.3. The Labute approximate surface area is 166 Å². The number of piperidine rings is 1. The van der Waals surface area contributed by atoms with Gasteiger partial charge in [0, 0.05) is 25.8 Å². The van der Waals surface area contributed by atoms with Crippen molar-refractivity contribution in [2.45, 2.75) is 25.4 Å². The molecule has 1 heterocycles. The number of alkyl halides is 3.